The van der Waals surface area contributed by atoms with Gasteiger partial charge in [-0.15, -0.1) is 0 Å². The van der Waals surface area contributed by atoms with E-state index in [1.54, 1.807) is 6.08 Å². The van der Waals surface area contributed by atoms with Crippen molar-refractivity contribution in [2.45, 2.75) is 19.1 Å². The lowest BCUT2D eigenvalue weighted by molar-refractivity contribution is -0.145. The van der Waals surface area contributed by atoms with Crippen molar-refractivity contribution in [1.29, 1.82) is 0 Å². The fourth-order valence-corrected chi connectivity index (χ4v) is 2.10. The van der Waals surface area contributed by atoms with Crippen LogP contribution in [-0.4, -0.2) is 25.2 Å². The van der Waals surface area contributed by atoms with Crippen molar-refractivity contribution in [3.8, 4) is 0 Å². The number of methoxy groups -OCH3 is 1. The SMILES string of the molecule is COC(=O)[C@H]1CC=C[C@@H]1NC(=O)OCc1ccccc1. The first-order valence-corrected chi connectivity index (χ1v) is 6.42. The number of benzene rings is 1. The highest BCUT2D eigenvalue weighted by atomic mass is 16.5. The third-order valence-corrected chi connectivity index (χ3v) is 3.17. The normalized spacial score (nSPS) is 20.4. The molecule has 0 aromatic heterocycles. The molecule has 0 radical (unpaired) electrons. The van der Waals surface area contributed by atoms with E-state index in [1.807, 2.05) is 36.4 Å². The smallest absolute Gasteiger partial charge is 0.407 e. The Bertz CT molecular complexity index is 498. The van der Waals surface area contributed by atoms with Crippen LogP contribution in [0.1, 0.15) is 12.0 Å². The third kappa shape index (κ3) is 3.60. The van der Waals surface area contributed by atoms with Crippen molar-refractivity contribution in [1.82, 2.24) is 5.32 Å². The molecule has 0 spiro atoms. The average molecular weight is 275 g/mol. The second-order valence-corrected chi connectivity index (χ2v) is 4.53. The molecular weight excluding hydrogens is 258 g/mol. The lowest BCUT2D eigenvalue weighted by Crippen LogP contribution is -2.40. The predicted octanol–water partition coefficient (Wildman–Crippen LogP) is 2.03. The molecule has 1 N–H and O–H groups in total. The summed E-state index contributed by atoms with van der Waals surface area (Å²) in [6, 6.07) is 9.03. The maximum atomic E-state index is 11.7. The van der Waals surface area contributed by atoms with Crippen LogP contribution < -0.4 is 5.32 Å². The summed E-state index contributed by atoms with van der Waals surface area (Å²) in [4.78, 5) is 23.2. The fourth-order valence-electron chi connectivity index (χ4n) is 2.10. The van der Waals surface area contributed by atoms with Gasteiger partial charge in [-0.1, -0.05) is 42.5 Å². The monoisotopic (exact) mass is 275 g/mol. The number of esters is 1. The molecule has 0 saturated carbocycles. The highest BCUT2D eigenvalue weighted by molar-refractivity contribution is 5.76. The summed E-state index contributed by atoms with van der Waals surface area (Å²) < 4.78 is 9.82. The standard InChI is InChI=1S/C15H17NO4/c1-19-14(17)12-8-5-9-13(12)16-15(18)20-10-11-6-3-2-4-7-11/h2-7,9,12-13H,8,10H2,1H3,(H,16,18)/t12-,13-/m0/s1. The summed E-state index contributed by atoms with van der Waals surface area (Å²) in [7, 11) is 1.34. The van der Waals surface area contributed by atoms with Gasteiger partial charge in [-0.3, -0.25) is 4.79 Å². The van der Waals surface area contributed by atoms with Gasteiger partial charge in [0.25, 0.3) is 0 Å². The zero-order chi connectivity index (χ0) is 14.4. The van der Waals surface area contributed by atoms with Gasteiger partial charge >= 0.3 is 12.1 Å². The summed E-state index contributed by atoms with van der Waals surface area (Å²) >= 11 is 0. The highest BCUT2D eigenvalue weighted by Gasteiger charge is 2.31. The Morgan fingerprint density at radius 2 is 2.05 bits per heavy atom. The summed E-state index contributed by atoms with van der Waals surface area (Å²) in [6.07, 6.45) is 3.66. The lowest BCUT2D eigenvalue weighted by atomic mass is 10.0. The van der Waals surface area contributed by atoms with Crippen LogP contribution in [0.5, 0.6) is 0 Å². The summed E-state index contributed by atoms with van der Waals surface area (Å²) in [5, 5.41) is 2.67. The van der Waals surface area contributed by atoms with E-state index in [2.05, 4.69) is 5.32 Å². The van der Waals surface area contributed by atoms with Gasteiger partial charge in [0.1, 0.15) is 6.61 Å². The van der Waals surface area contributed by atoms with Crippen LogP contribution in [0, 0.1) is 5.92 Å². The number of rotatable bonds is 4. The molecular formula is C15H17NO4. The van der Waals surface area contributed by atoms with Gasteiger partial charge < -0.3 is 14.8 Å². The largest absolute Gasteiger partial charge is 0.469 e. The number of allylic oxidation sites excluding steroid dienone is 1. The van der Waals surface area contributed by atoms with E-state index in [9.17, 15) is 9.59 Å². The second-order valence-electron chi connectivity index (χ2n) is 4.53. The zero-order valence-electron chi connectivity index (χ0n) is 11.2. The molecule has 2 rings (SSSR count). The molecule has 5 heteroatoms. The second kappa shape index (κ2) is 6.75. The number of carbonyl (C=O) groups is 2. The van der Waals surface area contributed by atoms with Crippen molar-refractivity contribution >= 4 is 12.1 Å². The van der Waals surface area contributed by atoms with Gasteiger partial charge in [0.2, 0.25) is 0 Å². The van der Waals surface area contributed by atoms with Gasteiger partial charge in [-0.25, -0.2) is 4.79 Å². The Balaban J connectivity index is 1.82. The molecule has 1 aromatic rings. The number of nitrogens with one attached hydrogen (secondary N) is 1. The molecule has 1 aliphatic carbocycles. The van der Waals surface area contributed by atoms with E-state index in [1.165, 1.54) is 7.11 Å². The van der Waals surface area contributed by atoms with Crippen molar-refractivity contribution in [3.05, 3.63) is 48.0 Å². The molecule has 1 aliphatic rings. The van der Waals surface area contributed by atoms with Crippen LogP contribution in [0.25, 0.3) is 0 Å². The molecule has 20 heavy (non-hydrogen) atoms. The molecule has 5 nitrogen and oxygen atoms in total. The van der Waals surface area contributed by atoms with Crippen LogP contribution in [0.3, 0.4) is 0 Å². The number of carbonyl (C=O) groups excluding carboxylic acids is 2. The van der Waals surface area contributed by atoms with Crippen LogP contribution in [0.2, 0.25) is 0 Å². The Labute approximate surface area is 117 Å². The Kier molecular flexibility index (Phi) is 4.76. The first kappa shape index (κ1) is 14.1. The predicted molar refractivity (Wildman–Crippen MR) is 72.8 cm³/mol. The van der Waals surface area contributed by atoms with E-state index < -0.39 is 6.09 Å². The summed E-state index contributed by atoms with van der Waals surface area (Å²) in [5.41, 5.74) is 0.911. The Hall–Kier alpha value is -2.30. The van der Waals surface area contributed by atoms with E-state index in [0.29, 0.717) is 6.42 Å². The topological polar surface area (TPSA) is 64.6 Å². The van der Waals surface area contributed by atoms with E-state index >= 15 is 0 Å². The van der Waals surface area contributed by atoms with Gasteiger partial charge in [0, 0.05) is 0 Å². The Morgan fingerprint density at radius 3 is 2.75 bits per heavy atom. The quantitative estimate of drug-likeness (QED) is 0.674. The lowest BCUT2D eigenvalue weighted by Gasteiger charge is -2.18. The molecule has 0 unspecified atom stereocenters. The molecule has 2 atom stereocenters. The molecule has 106 valence electrons. The molecule has 0 bridgehead atoms. The van der Waals surface area contributed by atoms with Crippen LogP contribution in [-0.2, 0) is 20.9 Å². The van der Waals surface area contributed by atoms with Gasteiger partial charge in [0.15, 0.2) is 0 Å². The number of ether oxygens (including phenoxy) is 2. The van der Waals surface area contributed by atoms with E-state index in [0.717, 1.165) is 5.56 Å². The third-order valence-electron chi connectivity index (χ3n) is 3.17. The van der Waals surface area contributed by atoms with Crippen LogP contribution in [0.15, 0.2) is 42.5 Å². The zero-order valence-corrected chi connectivity index (χ0v) is 11.2. The minimum atomic E-state index is -0.542. The van der Waals surface area contributed by atoms with E-state index in [4.69, 9.17) is 9.47 Å². The molecule has 0 saturated heterocycles. The first-order valence-electron chi connectivity index (χ1n) is 6.42. The van der Waals surface area contributed by atoms with Crippen molar-refractivity contribution in [2.75, 3.05) is 7.11 Å². The molecule has 0 heterocycles. The minimum Gasteiger partial charge on any atom is -0.469 e. The minimum absolute atomic E-state index is 0.200. The number of alkyl carbamates (subject to hydrolysis) is 1. The molecule has 0 fully saturated rings. The maximum absolute atomic E-state index is 11.7. The Morgan fingerprint density at radius 1 is 1.30 bits per heavy atom. The van der Waals surface area contributed by atoms with Crippen LogP contribution >= 0.6 is 0 Å². The summed E-state index contributed by atoms with van der Waals surface area (Å²) in [6.45, 7) is 0.200. The molecule has 0 aliphatic heterocycles. The fraction of sp³-hybridized carbons (Fsp3) is 0.333. The van der Waals surface area contributed by atoms with E-state index in [-0.39, 0.29) is 24.5 Å². The van der Waals surface area contributed by atoms with Gasteiger partial charge in [-0.05, 0) is 12.0 Å². The molecule has 1 amide bonds. The molecule has 1 aromatic carbocycles. The van der Waals surface area contributed by atoms with Crippen LogP contribution in [0.4, 0.5) is 4.79 Å². The number of amides is 1. The van der Waals surface area contributed by atoms with Crippen molar-refractivity contribution in [3.63, 3.8) is 0 Å². The number of hydrogen-bond donors (Lipinski definition) is 1. The van der Waals surface area contributed by atoms with Gasteiger partial charge in [0.05, 0.1) is 19.1 Å². The van der Waals surface area contributed by atoms with Gasteiger partial charge in [-0.2, -0.15) is 0 Å². The average Bonchev–Trinajstić information content (AvgIpc) is 2.93. The van der Waals surface area contributed by atoms with Crippen molar-refractivity contribution < 1.29 is 19.1 Å². The first-order chi connectivity index (χ1) is 9.70. The van der Waals surface area contributed by atoms with Crippen molar-refractivity contribution in [2.24, 2.45) is 5.92 Å². The summed E-state index contributed by atoms with van der Waals surface area (Å²) in [5.74, 6) is -0.701. The maximum Gasteiger partial charge on any atom is 0.407 e. The highest BCUT2D eigenvalue weighted by Crippen LogP contribution is 2.20. The number of hydrogen-bond acceptors (Lipinski definition) is 4.